The molecule has 0 aliphatic carbocycles. The third kappa shape index (κ3) is 2.24. The Bertz CT molecular complexity index is 1010. The van der Waals surface area contributed by atoms with Crippen LogP contribution in [-0.2, 0) is 6.54 Å². The standard InChI is InChI=1S/C19H16FNO3/c1-11-12(2)19(22)24-18-15(11)6-7-17-16(18)9-21(10-23-17)14-5-3-4-13(20)8-14/h3-8H,9-10H2,1-2H3. The summed E-state index contributed by atoms with van der Waals surface area (Å²) in [7, 11) is 0. The number of fused-ring (bicyclic) bond motifs is 3. The molecule has 0 saturated carbocycles. The maximum atomic E-state index is 13.5. The monoisotopic (exact) mass is 325 g/mol. The first kappa shape index (κ1) is 14.8. The smallest absolute Gasteiger partial charge is 0.339 e. The summed E-state index contributed by atoms with van der Waals surface area (Å²) in [4.78, 5) is 14.0. The van der Waals surface area contributed by atoms with Gasteiger partial charge in [-0.3, -0.25) is 0 Å². The third-order valence-electron chi connectivity index (χ3n) is 4.58. The van der Waals surface area contributed by atoms with Gasteiger partial charge in [0.1, 0.15) is 17.1 Å². The molecule has 1 aliphatic rings. The van der Waals surface area contributed by atoms with Gasteiger partial charge in [-0.05, 0) is 49.7 Å². The summed E-state index contributed by atoms with van der Waals surface area (Å²) in [6, 6.07) is 10.2. The van der Waals surface area contributed by atoms with E-state index in [2.05, 4.69) is 0 Å². The fourth-order valence-electron chi connectivity index (χ4n) is 3.05. The molecule has 1 aliphatic heterocycles. The van der Waals surface area contributed by atoms with E-state index in [0.717, 1.165) is 22.2 Å². The van der Waals surface area contributed by atoms with E-state index in [-0.39, 0.29) is 11.4 Å². The summed E-state index contributed by atoms with van der Waals surface area (Å²) in [5.74, 6) is 0.399. The molecule has 0 saturated heterocycles. The van der Waals surface area contributed by atoms with Crippen molar-refractivity contribution in [3.8, 4) is 5.75 Å². The average Bonchev–Trinajstić information content (AvgIpc) is 2.59. The quantitative estimate of drug-likeness (QED) is 0.636. The SMILES string of the molecule is Cc1c(C)c2ccc3c(c2oc1=O)CN(c1cccc(F)c1)CO3. The summed E-state index contributed by atoms with van der Waals surface area (Å²) >= 11 is 0. The first-order valence-electron chi connectivity index (χ1n) is 7.74. The van der Waals surface area contributed by atoms with Gasteiger partial charge < -0.3 is 14.1 Å². The molecule has 0 fully saturated rings. The number of hydrogen-bond acceptors (Lipinski definition) is 4. The molecular weight excluding hydrogens is 309 g/mol. The molecule has 4 rings (SSSR count). The van der Waals surface area contributed by atoms with Crippen molar-refractivity contribution in [1.82, 2.24) is 0 Å². The van der Waals surface area contributed by atoms with Crippen LogP contribution in [0.4, 0.5) is 10.1 Å². The van der Waals surface area contributed by atoms with Crippen molar-refractivity contribution in [3.63, 3.8) is 0 Å². The van der Waals surface area contributed by atoms with E-state index in [1.165, 1.54) is 12.1 Å². The molecule has 0 bridgehead atoms. The van der Waals surface area contributed by atoms with Gasteiger partial charge >= 0.3 is 5.63 Å². The van der Waals surface area contributed by atoms with Crippen LogP contribution in [0.5, 0.6) is 5.75 Å². The molecule has 3 aromatic rings. The van der Waals surface area contributed by atoms with Gasteiger partial charge in [0, 0.05) is 16.6 Å². The van der Waals surface area contributed by atoms with Gasteiger partial charge in [-0.2, -0.15) is 0 Å². The molecule has 2 aromatic carbocycles. The lowest BCUT2D eigenvalue weighted by molar-refractivity contribution is 0.289. The fourth-order valence-corrected chi connectivity index (χ4v) is 3.05. The van der Waals surface area contributed by atoms with Crippen molar-refractivity contribution in [3.05, 3.63) is 69.3 Å². The maximum absolute atomic E-state index is 13.5. The Labute approximate surface area is 138 Å². The Hall–Kier alpha value is -2.82. The molecule has 0 amide bonds. The molecule has 5 heteroatoms. The number of rotatable bonds is 1. The zero-order chi connectivity index (χ0) is 16.8. The topological polar surface area (TPSA) is 42.7 Å². The number of aryl methyl sites for hydroxylation is 1. The van der Waals surface area contributed by atoms with Gasteiger partial charge in [0.15, 0.2) is 6.73 Å². The van der Waals surface area contributed by atoms with Crippen molar-refractivity contribution >= 4 is 16.7 Å². The molecule has 1 aromatic heterocycles. The van der Waals surface area contributed by atoms with E-state index in [9.17, 15) is 9.18 Å². The molecular formula is C19H16FNO3. The van der Waals surface area contributed by atoms with Crippen molar-refractivity contribution in [2.45, 2.75) is 20.4 Å². The van der Waals surface area contributed by atoms with E-state index in [4.69, 9.17) is 9.15 Å². The first-order valence-corrected chi connectivity index (χ1v) is 7.74. The van der Waals surface area contributed by atoms with E-state index in [1.54, 1.807) is 13.0 Å². The second-order valence-corrected chi connectivity index (χ2v) is 6.01. The minimum atomic E-state index is -0.337. The van der Waals surface area contributed by atoms with Crippen LogP contribution in [0.25, 0.3) is 11.0 Å². The molecule has 0 unspecified atom stereocenters. The number of nitrogens with zero attached hydrogens (tertiary/aromatic N) is 1. The van der Waals surface area contributed by atoms with E-state index in [1.807, 2.05) is 30.0 Å². The lowest BCUT2D eigenvalue weighted by Crippen LogP contribution is -2.32. The highest BCUT2D eigenvalue weighted by molar-refractivity contribution is 5.86. The number of benzene rings is 2. The van der Waals surface area contributed by atoms with Gasteiger partial charge in [-0.25, -0.2) is 9.18 Å². The number of anilines is 1. The molecule has 0 N–H and O–H groups in total. The highest BCUT2D eigenvalue weighted by Crippen LogP contribution is 2.35. The predicted octanol–water partition coefficient (Wildman–Crippen LogP) is 3.91. The van der Waals surface area contributed by atoms with Gasteiger partial charge in [0.2, 0.25) is 0 Å². The number of hydrogen-bond donors (Lipinski definition) is 0. The van der Waals surface area contributed by atoms with Crippen molar-refractivity contribution in [1.29, 1.82) is 0 Å². The van der Waals surface area contributed by atoms with Crippen molar-refractivity contribution in [2.75, 3.05) is 11.6 Å². The Balaban J connectivity index is 1.86. The molecule has 4 nitrogen and oxygen atoms in total. The minimum absolute atomic E-state index is 0.297. The Kier molecular flexibility index (Phi) is 3.30. The van der Waals surface area contributed by atoms with Crippen molar-refractivity contribution in [2.24, 2.45) is 0 Å². The van der Waals surface area contributed by atoms with E-state index < -0.39 is 0 Å². The van der Waals surface area contributed by atoms with Crippen molar-refractivity contribution < 1.29 is 13.5 Å². The fraction of sp³-hybridized carbons (Fsp3) is 0.211. The second kappa shape index (κ2) is 5.37. The van der Waals surface area contributed by atoms with Crippen LogP contribution in [0.1, 0.15) is 16.7 Å². The van der Waals surface area contributed by atoms with Gasteiger partial charge in [0.25, 0.3) is 0 Å². The van der Waals surface area contributed by atoms with Crippen LogP contribution < -0.4 is 15.3 Å². The van der Waals surface area contributed by atoms with Crippen LogP contribution >= 0.6 is 0 Å². The Morgan fingerprint density at radius 2 is 1.96 bits per heavy atom. The Morgan fingerprint density at radius 1 is 1.12 bits per heavy atom. The maximum Gasteiger partial charge on any atom is 0.339 e. The normalized spacial score (nSPS) is 13.7. The molecule has 2 heterocycles. The van der Waals surface area contributed by atoms with Crippen LogP contribution in [0.15, 0.2) is 45.6 Å². The van der Waals surface area contributed by atoms with Gasteiger partial charge in [-0.15, -0.1) is 0 Å². The summed E-state index contributed by atoms with van der Waals surface area (Å²) < 4.78 is 24.8. The molecule has 0 atom stereocenters. The second-order valence-electron chi connectivity index (χ2n) is 6.01. The zero-order valence-electron chi connectivity index (χ0n) is 13.4. The van der Waals surface area contributed by atoms with E-state index >= 15 is 0 Å². The first-order chi connectivity index (χ1) is 11.5. The molecule has 0 radical (unpaired) electrons. The Morgan fingerprint density at radius 3 is 2.75 bits per heavy atom. The summed E-state index contributed by atoms with van der Waals surface area (Å²) in [5, 5.41) is 0.899. The van der Waals surface area contributed by atoms with Crippen LogP contribution in [0.2, 0.25) is 0 Å². The lowest BCUT2D eigenvalue weighted by atomic mass is 10.0. The summed E-state index contributed by atoms with van der Waals surface area (Å²) in [6.07, 6.45) is 0. The van der Waals surface area contributed by atoms with Crippen LogP contribution in [0.3, 0.4) is 0 Å². The molecule has 122 valence electrons. The van der Waals surface area contributed by atoms with Gasteiger partial charge in [0.05, 0.1) is 12.1 Å². The highest BCUT2D eigenvalue weighted by atomic mass is 19.1. The summed E-state index contributed by atoms with van der Waals surface area (Å²) in [5.41, 5.74) is 3.26. The predicted molar refractivity (Wildman–Crippen MR) is 90.0 cm³/mol. The van der Waals surface area contributed by atoms with Gasteiger partial charge in [-0.1, -0.05) is 6.07 Å². The lowest BCUT2D eigenvalue weighted by Gasteiger charge is -2.31. The number of halogens is 1. The minimum Gasteiger partial charge on any atom is -0.473 e. The molecule has 24 heavy (non-hydrogen) atoms. The van der Waals surface area contributed by atoms with Crippen LogP contribution in [-0.4, -0.2) is 6.73 Å². The largest absolute Gasteiger partial charge is 0.473 e. The zero-order valence-corrected chi connectivity index (χ0v) is 13.4. The average molecular weight is 325 g/mol. The summed E-state index contributed by atoms with van der Waals surface area (Å²) in [6.45, 7) is 4.48. The van der Waals surface area contributed by atoms with E-state index in [0.29, 0.717) is 30.2 Å². The third-order valence-corrected chi connectivity index (χ3v) is 4.58. The van der Waals surface area contributed by atoms with Crippen LogP contribution in [0, 0.1) is 19.7 Å². The molecule has 0 spiro atoms. The number of ether oxygens (including phenoxy) is 1. The highest BCUT2D eigenvalue weighted by Gasteiger charge is 2.23.